The van der Waals surface area contributed by atoms with Crippen LogP contribution in [-0.2, 0) is 0 Å². The van der Waals surface area contributed by atoms with Gasteiger partial charge in [0.15, 0.2) is 11.5 Å². The molecule has 1 saturated carbocycles. The molecule has 2 aromatic rings. The summed E-state index contributed by atoms with van der Waals surface area (Å²) in [6, 6.07) is 9.09. The Morgan fingerprint density at radius 3 is 2.57 bits per heavy atom. The first kappa shape index (κ1) is 21.9. The van der Waals surface area contributed by atoms with E-state index in [0.717, 1.165) is 19.3 Å². The minimum atomic E-state index is -0.578. The smallest absolute Gasteiger partial charge is 0.313 e. The number of unbranched alkanes of at least 4 members (excludes halogenated alkanes) is 1. The molecule has 0 bridgehead atoms. The van der Waals surface area contributed by atoms with E-state index in [1.165, 1.54) is 25.3 Å². The zero-order valence-corrected chi connectivity index (χ0v) is 17.3. The molecule has 30 heavy (non-hydrogen) atoms. The third-order valence-corrected chi connectivity index (χ3v) is 5.04. The maximum atomic E-state index is 13.0. The van der Waals surface area contributed by atoms with Gasteiger partial charge in [0.1, 0.15) is 0 Å². The molecule has 0 unspecified atom stereocenters. The molecule has 9 heteroatoms. The molecule has 1 fully saturated rings. The summed E-state index contributed by atoms with van der Waals surface area (Å²) in [5.74, 6) is 0.442. The van der Waals surface area contributed by atoms with Crippen LogP contribution in [0.15, 0.2) is 36.4 Å². The fourth-order valence-electron chi connectivity index (χ4n) is 3.12. The molecule has 1 amide bonds. The van der Waals surface area contributed by atoms with Crippen molar-refractivity contribution in [3.8, 4) is 17.2 Å². The summed E-state index contributed by atoms with van der Waals surface area (Å²) < 4.78 is 11.1. The van der Waals surface area contributed by atoms with Crippen molar-refractivity contribution in [2.45, 2.75) is 31.7 Å². The number of aliphatic hydroxyl groups is 1. The molecular weight excluding hydrogens is 412 g/mol. The highest BCUT2D eigenvalue weighted by Gasteiger charge is 2.33. The van der Waals surface area contributed by atoms with E-state index in [9.17, 15) is 14.9 Å². The molecule has 1 aliphatic carbocycles. The van der Waals surface area contributed by atoms with Gasteiger partial charge < -0.3 is 19.5 Å². The molecular formula is C21H23ClN2O6. The number of halogens is 1. The van der Waals surface area contributed by atoms with Crippen LogP contribution in [0.3, 0.4) is 0 Å². The van der Waals surface area contributed by atoms with Crippen LogP contribution < -0.4 is 9.47 Å². The Morgan fingerprint density at radius 2 is 1.93 bits per heavy atom. The number of methoxy groups -OCH3 is 1. The van der Waals surface area contributed by atoms with Gasteiger partial charge in [0, 0.05) is 35.8 Å². The van der Waals surface area contributed by atoms with E-state index in [1.807, 2.05) is 4.90 Å². The van der Waals surface area contributed by atoms with Crippen LogP contribution >= 0.6 is 11.6 Å². The molecule has 0 atom stereocenters. The van der Waals surface area contributed by atoms with Crippen LogP contribution in [0.1, 0.15) is 36.0 Å². The first-order valence-corrected chi connectivity index (χ1v) is 10.0. The van der Waals surface area contributed by atoms with E-state index >= 15 is 0 Å². The Kier molecular flexibility index (Phi) is 7.12. The summed E-state index contributed by atoms with van der Waals surface area (Å²) in [5.41, 5.74) is 0.175. The van der Waals surface area contributed by atoms with E-state index < -0.39 is 4.92 Å². The summed E-state index contributed by atoms with van der Waals surface area (Å²) in [4.78, 5) is 25.5. The number of nitrogens with zero attached hydrogens (tertiary/aromatic N) is 2. The Balaban J connectivity index is 1.83. The highest BCUT2D eigenvalue weighted by atomic mass is 35.5. The number of hydrogen-bond donors (Lipinski definition) is 1. The van der Waals surface area contributed by atoms with E-state index in [4.69, 9.17) is 26.2 Å². The normalized spacial score (nSPS) is 13.0. The topological polar surface area (TPSA) is 102 Å². The van der Waals surface area contributed by atoms with E-state index in [2.05, 4.69) is 0 Å². The monoisotopic (exact) mass is 434 g/mol. The minimum Gasteiger partial charge on any atom is -0.493 e. The zero-order chi connectivity index (χ0) is 21.7. The van der Waals surface area contributed by atoms with Crippen molar-refractivity contribution in [2.24, 2.45) is 0 Å². The van der Waals surface area contributed by atoms with Crippen LogP contribution in [0.2, 0.25) is 5.02 Å². The number of ether oxygens (including phenoxy) is 2. The number of nitro benzene ring substituents is 1. The van der Waals surface area contributed by atoms with Gasteiger partial charge in [0.05, 0.1) is 12.0 Å². The molecule has 1 N–H and O–H groups in total. The maximum absolute atomic E-state index is 13.0. The van der Waals surface area contributed by atoms with Gasteiger partial charge in [-0.15, -0.1) is 0 Å². The quantitative estimate of drug-likeness (QED) is 0.337. The van der Waals surface area contributed by atoms with E-state index in [0.29, 0.717) is 18.5 Å². The number of amides is 1. The van der Waals surface area contributed by atoms with Gasteiger partial charge >= 0.3 is 5.69 Å². The second-order valence-electron chi connectivity index (χ2n) is 7.00. The summed E-state index contributed by atoms with van der Waals surface area (Å²) >= 11 is 5.84. The van der Waals surface area contributed by atoms with Gasteiger partial charge in [0.2, 0.25) is 5.75 Å². The van der Waals surface area contributed by atoms with Gasteiger partial charge in [-0.1, -0.05) is 11.6 Å². The zero-order valence-electron chi connectivity index (χ0n) is 16.5. The van der Waals surface area contributed by atoms with Crippen molar-refractivity contribution >= 4 is 23.2 Å². The van der Waals surface area contributed by atoms with Crippen molar-refractivity contribution in [1.82, 2.24) is 4.90 Å². The average molecular weight is 435 g/mol. The summed E-state index contributed by atoms with van der Waals surface area (Å²) in [5, 5.41) is 20.5. The Bertz CT molecular complexity index is 932. The van der Waals surface area contributed by atoms with Gasteiger partial charge in [0.25, 0.3) is 5.91 Å². The third kappa shape index (κ3) is 5.20. The van der Waals surface area contributed by atoms with Crippen molar-refractivity contribution in [2.75, 3.05) is 20.3 Å². The van der Waals surface area contributed by atoms with Gasteiger partial charge in [-0.2, -0.15) is 0 Å². The molecule has 0 aliphatic heterocycles. The molecule has 0 saturated heterocycles. The lowest BCUT2D eigenvalue weighted by Crippen LogP contribution is -2.34. The minimum absolute atomic E-state index is 0.0189. The highest BCUT2D eigenvalue weighted by Crippen LogP contribution is 2.38. The second kappa shape index (κ2) is 9.77. The Hall–Kier alpha value is -2.84. The summed E-state index contributed by atoms with van der Waals surface area (Å²) in [7, 11) is 1.44. The fraction of sp³-hybridized carbons (Fsp3) is 0.381. The van der Waals surface area contributed by atoms with Gasteiger partial charge in [-0.25, -0.2) is 0 Å². The number of nitro groups is 1. The van der Waals surface area contributed by atoms with E-state index in [1.54, 1.807) is 18.2 Å². The van der Waals surface area contributed by atoms with Gasteiger partial charge in [-0.3, -0.25) is 14.9 Å². The third-order valence-electron chi connectivity index (χ3n) is 4.80. The van der Waals surface area contributed by atoms with Crippen LogP contribution in [-0.4, -0.2) is 47.1 Å². The lowest BCUT2D eigenvalue weighted by atomic mass is 10.1. The first-order valence-electron chi connectivity index (χ1n) is 9.66. The number of rotatable bonds is 10. The fourth-order valence-corrected chi connectivity index (χ4v) is 3.29. The molecule has 0 heterocycles. The largest absolute Gasteiger partial charge is 0.493 e. The van der Waals surface area contributed by atoms with Crippen LogP contribution in [0.25, 0.3) is 0 Å². The number of carbonyl (C=O) groups excluding carboxylic acids is 1. The van der Waals surface area contributed by atoms with Crippen molar-refractivity contribution in [1.29, 1.82) is 0 Å². The van der Waals surface area contributed by atoms with Crippen LogP contribution in [0.4, 0.5) is 5.69 Å². The maximum Gasteiger partial charge on any atom is 0.313 e. The number of aliphatic hydroxyl groups excluding tert-OH is 1. The Labute approximate surface area is 179 Å². The highest BCUT2D eigenvalue weighted by molar-refractivity contribution is 6.30. The SMILES string of the molecule is COc1cc(C(=O)N(CCCCO)C2CC2)ccc1Oc1ccc(Cl)cc1[N+](=O)[O-]. The van der Waals surface area contributed by atoms with Crippen LogP contribution in [0, 0.1) is 10.1 Å². The number of carbonyl (C=O) groups is 1. The molecule has 0 spiro atoms. The predicted octanol–water partition coefficient (Wildman–Crippen LogP) is 4.43. The molecule has 3 rings (SSSR count). The molecule has 0 aromatic heterocycles. The lowest BCUT2D eigenvalue weighted by molar-refractivity contribution is -0.385. The lowest BCUT2D eigenvalue weighted by Gasteiger charge is -2.23. The molecule has 8 nitrogen and oxygen atoms in total. The van der Waals surface area contributed by atoms with E-state index in [-0.39, 0.29) is 46.5 Å². The van der Waals surface area contributed by atoms with Gasteiger partial charge in [-0.05, 0) is 56.0 Å². The number of benzene rings is 2. The number of hydrogen-bond acceptors (Lipinski definition) is 6. The van der Waals surface area contributed by atoms with Crippen molar-refractivity contribution in [3.05, 3.63) is 57.1 Å². The second-order valence-corrected chi connectivity index (χ2v) is 7.43. The molecule has 2 aromatic carbocycles. The predicted molar refractivity (Wildman–Crippen MR) is 112 cm³/mol. The molecule has 0 radical (unpaired) electrons. The molecule has 1 aliphatic rings. The standard InChI is InChI=1S/C21H23ClN2O6/c1-29-20-12-14(21(26)23(16-6-7-16)10-2-3-11-25)4-8-19(20)30-18-9-5-15(22)13-17(18)24(27)28/h4-5,8-9,12-13,16,25H,2-3,6-7,10-11H2,1H3. The molecule has 160 valence electrons. The van der Waals surface area contributed by atoms with Crippen molar-refractivity contribution in [3.63, 3.8) is 0 Å². The summed E-state index contributed by atoms with van der Waals surface area (Å²) in [6.45, 7) is 0.686. The summed E-state index contributed by atoms with van der Waals surface area (Å²) in [6.07, 6.45) is 3.33. The average Bonchev–Trinajstić information content (AvgIpc) is 3.57. The van der Waals surface area contributed by atoms with Crippen LogP contribution in [0.5, 0.6) is 17.2 Å². The first-order chi connectivity index (χ1) is 14.4. The Morgan fingerprint density at radius 1 is 1.20 bits per heavy atom. The van der Waals surface area contributed by atoms with Crippen molar-refractivity contribution < 1.29 is 24.3 Å².